The summed E-state index contributed by atoms with van der Waals surface area (Å²) in [7, 11) is 0. The lowest BCUT2D eigenvalue weighted by molar-refractivity contribution is -0.137. The van der Waals surface area contributed by atoms with Crippen molar-refractivity contribution in [2.45, 2.75) is 26.1 Å². The van der Waals surface area contributed by atoms with Gasteiger partial charge in [0.15, 0.2) is 0 Å². The number of hydrogen-bond acceptors (Lipinski definition) is 4. The Balaban J connectivity index is 1.77. The number of nitrogens with zero attached hydrogens (tertiary/aromatic N) is 2. The first-order valence-electron chi connectivity index (χ1n) is 6.83. The van der Waals surface area contributed by atoms with E-state index in [1.807, 2.05) is 18.2 Å². The zero-order valence-electron chi connectivity index (χ0n) is 11.5. The van der Waals surface area contributed by atoms with E-state index in [1.165, 1.54) is 21.5 Å². The smallest absolute Gasteiger partial charge is 0.323 e. The van der Waals surface area contributed by atoms with Gasteiger partial charge >= 0.3 is 10.8 Å². The first-order chi connectivity index (χ1) is 10.1. The predicted octanol–water partition coefficient (Wildman–Crippen LogP) is 1.55. The molecule has 1 aromatic carbocycles. The molecule has 0 unspecified atom stereocenters. The van der Waals surface area contributed by atoms with Gasteiger partial charge in [0.25, 0.3) is 0 Å². The van der Waals surface area contributed by atoms with Gasteiger partial charge in [-0.15, -0.1) is 0 Å². The summed E-state index contributed by atoms with van der Waals surface area (Å²) in [5.41, 5.74) is 2.15. The van der Waals surface area contributed by atoms with Crippen LogP contribution in [0.3, 0.4) is 0 Å². The molecule has 5 nitrogen and oxygen atoms in total. The topological polar surface area (TPSA) is 62.5 Å². The van der Waals surface area contributed by atoms with Crippen LogP contribution in [0.5, 0.6) is 0 Å². The van der Waals surface area contributed by atoms with Crippen molar-refractivity contribution in [2.75, 3.05) is 6.54 Å². The Hall–Kier alpha value is -1.92. The van der Waals surface area contributed by atoms with E-state index in [1.54, 1.807) is 0 Å². The minimum atomic E-state index is -0.968. The molecule has 1 aromatic heterocycles. The van der Waals surface area contributed by atoms with Crippen molar-refractivity contribution in [1.29, 1.82) is 0 Å². The summed E-state index contributed by atoms with van der Waals surface area (Å²) in [6.45, 7) is 2.18. The number of rotatable bonds is 4. The second kappa shape index (κ2) is 5.83. The minimum Gasteiger partial charge on any atom is -0.480 e. The van der Waals surface area contributed by atoms with Crippen molar-refractivity contribution in [1.82, 2.24) is 9.47 Å². The quantitative estimate of drug-likeness (QED) is 0.931. The van der Waals surface area contributed by atoms with Crippen molar-refractivity contribution in [3.8, 4) is 0 Å². The van der Waals surface area contributed by atoms with E-state index >= 15 is 0 Å². The third-order valence-corrected chi connectivity index (χ3v) is 4.66. The molecule has 2 aromatic rings. The zero-order chi connectivity index (χ0) is 14.8. The van der Waals surface area contributed by atoms with Crippen LogP contribution in [0.2, 0.25) is 0 Å². The van der Waals surface area contributed by atoms with Gasteiger partial charge in [-0.25, -0.2) is 0 Å². The Labute approximate surface area is 126 Å². The molecule has 0 amide bonds. The highest BCUT2D eigenvalue weighted by Crippen LogP contribution is 2.22. The van der Waals surface area contributed by atoms with Gasteiger partial charge in [-0.3, -0.25) is 19.1 Å². The number of thiazole rings is 1. The Morgan fingerprint density at radius 1 is 1.29 bits per heavy atom. The van der Waals surface area contributed by atoms with Crippen LogP contribution in [0.4, 0.5) is 0 Å². The molecule has 6 heteroatoms. The lowest BCUT2D eigenvalue weighted by Gasteiger charge is -2.27. The molecule has 21 heavy (non-hydrogen) atoms. The highest BCUT2D eigenvalue weighted by molar-refractivity contribution is 7.09. The fraction of sp³-hybridized carbons (Fsp3) is 0.333. The van der Waals surface area contributed by atoms with Gasteiger partial charge in [0.05, 0.1) is 0 Å². The molecule has 2 heterocycles. The fourth-order valence-electron chi connectivity index (χ4n) is 2.70. The van der Waals surface area contributed by atoms with Gasteiger partial charge in [0.1, 0.15) is 6.54 Å². The number of carboxylic acid groups (broad SMARTS) is 1. The van der Waals surface area contributed by atoms with Gasteiger partial charge < -0.3 is 5.11 Å². The molecule has 0 atom stereocenters. The Bertz CT molecular complexity index is 705. The largest absolute Gasteiger partial charge is 0.480 e. The van der Waals surface area contributed by atoms with Crippen molar-refractivity contribution < 1.29 is 9.90 Å². The van der Waals surface area contributed by atoms with Crippen LogP contribution in [0.15, 0.2) is 35.1 Å². The number of aliphatic carboxylic acids is 1. The predicted molar refractivity (Wildman–Crippen MR) is 80.5 cm³/mol. The molecule has 0 saturated carbocycles. The monoisotopic (exact) mass is 304 g/mol. The number of hydrogen-bond donors (Lipinski definition) is 1. The Morgan fingerprint density at radius 2 is 2.05 bits per heavy atom. The average molecular weight is 304 g/mol. The molecule has 0 saturated heterocycles. The standard InChI is InChI=1S/C15H16N2O3S/c18-14(19)10-17-12-6-7-16(9-13(12)21-15(17)20)8-11-4-2-1-3-5-11/h1-5H,6-10H2,(H,18,19). The van der Waals surface area contributed by atoms with E-state index in [2.05, 4.69) is 17.0 Å². The number of benzene rings is 1. The average Bonchev–Trinajstić information content (AvgIpc) is 2.75. The first-order valence-corrected chi connectivity index (χ1v) is 7.64. The van der Waals surface area contributed by atoms with E-state index < -0.39 is 5.97 Å². The highest BCUT2D eigenvalue weighted by Gasteiger charge is 2.23. The summed E-state index contributed by atoms with van der Waals surface area (Å²) in [4.78, 5) is 25.9. The van der Waals surface area contributed by atoms with Crippen LogP contribution in [0, 0.1) is 0 Å². The SMILES string of the molecule is O=C(O)Cn1c2c(sc1=O)CN(Cc1ccccc1)CC2. The number of fused-ring (bicyclic) bond motifs is 1. The molecular formula is C15H16N2O3S. The van der Waals surface area contributed by atoms with Crippen molar-refractivity contribution in [3.05, 3.63) is 56.1 Å². The molecule has 0 aliphatic carbocycles. The van der Waals surface area contributed by atoms with E-state index in [9.17, 15) is 9.59 Å². The molecule has 1 aliphatic rings. The van der Waals surface area contributed by atoms with Crippen molar-refractivity contribution in [2.24, 2.45) is 0 Å². The summed E-state index contributed by atoms with van der Waals surface area (Å²) in [6, 6.07) is 10.2. The molecule has 3 rings (SSSR count). The number of carboxylic acids is 1. The molecule has 0 bridgehead atoms. The summed E-state index contributed by atoms with van der Waals surface area (Å²) >= 11 is 1.18. The van der Waals surface area contributed by atoms with E-state index in [0.29, 0.717) is 0 Å². The normalized spacial score (nSPS) is 14.9. The zero-order valence-corrected chi connectivity index (χ0v) is 12.3. The summed E-state index contributed by atoms with van der Waals surface area (Å²) in [5.74, 6) is -0.968. The molecule has 1 aliphatic heterocycles. The van der Waals surface area contributed by atoms with Crippen LogP contribution >= 0.6 is 11.3 Å². The fourth-order valence-corrected chi connectivity index (χ4v) is 3.77. The maximum Gasteiger partial charge on any atom is 0.323 e. The van der Waals surface area contributed by atoms with Crippen LogP contribution < -0.4 is 4.87 Å². The van der Waals surface area contributed by atoms with Crippen molar-refractivity contribution >= 4 is 17.3 Å². The number of carbonyl (C=O) groups is 1. The maximum absolute atomic E-state index is 11.9. The Kier molecular flexibility index (Phi) is 3.90. The third-order valence-electron chi connectivity index (χ3n) is 3.65. The summed E-state index contributed by atoms with van der Waals surface area (Å²) < 4.78 is 1.40. The summed E-state index contributed by atoms with van der Waals surface area (Å²) in [5, 5.41) is 8.89. The lowest BCUT2D eigenvalue weighted by atomic mass is 10.1. The highest BCUT2D eigenvalue weighted by atomic mass is 32.1. The van der Waals surface area contributed by atoms with Crippen LogP contribution in [0.1, 0.15) is 16.1 Å². The van der Waals surface area contributed by atoms with Gasteiger partial charge in [-0.2, -0.15) is 0 Å². The summed E-state index contributed by atoms with van der Waals surface area (Å²) in [6.07, 6.45) is 0.730. The van der Waals surface area contributed by atoms with Gasteiger partial charge in [-0.05, 0) is 5.56 Å². The molecule has 0 spiro atoms. The third kappa shape index (κ3) is 3.06. The first kappa shape index (κ1) is 14.0. The van der Waals surface area contributed by atoms with E-state index in [4.69, 9.17) is 5.11 Å². The molecule has 0 fully saturated rings. The molecule has 110 valence electrons. The molecular weight excluding hydrogens is 288 g/mol. The Morgan fingerprint density at radius 3 is 2.76 bits per heavy atom. The van der Waals surface area contributed by atoms with Gasteiger partial charge in [0.2, 0.25) is 0 Å². The van der Waals surface area contributed by atoms with Gasteiger partial charge in [0, 0.05) is 36.6 Å². The van der Waals surface area contributed by atoms with Gasteiger partial charge in [-0.1, -0.05) is 41.7 Å². The molecule has 0 radical (unpaired) electrons. The van der Waals surface area contributed by atoms with Crippen LogP contribution in [-0.4, -0.2) is 27.1 Å². The maximum atomic E-state index is 11.9. The van der Waals surface area contributed by atoms with E-state index in [0.717, 1.165) is 36.6 Å². The lowest BCUT2D eigenvalue weighted by Crippen LogP contribution is -2.31. The van der Waals surface area contributed by atoms with Crippen LogP contribution in [-0.2, 0) is 30.8 Å². The second-order valence-corrected chi connectivity index (χ2v) is 6.21. The minimum absolute atomic E-state index is 0.163. The van der Waals surface area contributed by atoms with Crippen LogP contribution in [0.25, 0.3) is 0 Å². The number of aromatic nitrogens is 1. The second-order valence-electron chi connectivity index (χ2n) is 5.16. The van der Waals surface area contributed by atoms with E-state index in [-0.39, 0.29) is 11.4 Å². The van der Waals surface area contributed by atoms with Crippen molar-refractivity contribution in [3.63, 3.8) is 0 Å². The molecule has 1 N–H and O–H groups in total.